The summed E-state index contributed by atoms with van der Waals surface area (Å²) in [5, 5.41) is 0. The molecule has 0 spiro atoms. The van der Waals surface area contributed by atoms with Crippen molar-refractivity contribution in [1.82, 2.24) is 4.90 Å². The van der Waals surface area contributed by atoms with E-state index in [1.165, 1.54) is 0 Å². The number of hydrogen-bond donors (Lipinski definition) is 1. The van der Waals surface area contributed by atoms with Crippen molar-refractivity contribution in [3.05, 3.63) is 35.4 Å². The number of nitrogens with zero attached hydrogens (tertiary/aromatic N) is 1. The van der Waals surface area contributed by atoms with Crippen molar-refractivity contribution in [2.75, 3.05) is 13.6 Å². The van der Waals surface area contributed by atoms with Gasteiger partial charge in [-0.2, -0.15) is 0 Å². The molecule has 0 aliphatic heterocycles. The number of carbonyl (C=O) groups excluding carboxylic acids is 1. The summed E-state index contributed by atoms with van der Waals surface area (Å²) >= 11 is 0. The van der Waals surface area contributed by atoms with Crippen molar-refractivity contribution in [3.8, 4) is 0 Å². The second kappa shape index (κ2) is 7.29. The van der Waals surface area contributed by atoms with Gasteiger partial charge in [0.05, 0.1) is 0 Å². The van der Waals surface area contributed by atoms with Crippen molar-refractivity contribution in [2.24, 2.45) is 11.7 Å². The van der Waals surface area contributed by atoms with E-state index in [4.69, 9.17) is 5.73 Å². The highest BCUT2D eigenvalue weighted by molar-refractivity contribution is 5.94. The summed E-state index contributed by atoms with van der Waals surface area (Å²) in [5.41, 5.74) is 7.43. The van der Waals surface area contributed by atoms with Crippen LogP contribution in [0.5, 0.6) is 0 Å². The maximum absolute atomic E-state index is 12.4. The van der Waals surface area contributed by atoms with Crippen molar-refractivity contribution < 1.29 is 4.79 Å². The van der Waals surface area contributed by atoms with Crippen molar-refractivity contribution >= 4 is 5.91 Å². The highest BCUT2D eigenvalue weighted by Crippen LogP contribution is 2.14. The first-order valence-corrected chi connectivity index (χ1v) is 7.01. The van der Waals surface area contributed by atoms with E-state index in [0.717, 1.165) is 24.0 Å². The monoisotopic (exact) mass is 262 g/mol. The van der Waals surface area contributed by atoms with Gasteiger partial charge in [-0.1, -0.05) is 26.0 Å². The van der Waals surface area contributed by atoms with Crippen molar-refractivity contribution in [3.63, 3.8) is 0 Å². The Morgan fingerprint density at radius 3 is 2.58 bits per heavy atom. The molecule has 0 bridgehead atoms. The van der Waals surface area contributed by atoms with E-state index < -0.39 is 0 Å². The number of benzene rings is 1. The van der Waals surface area contributed by atoms with Crippen LogP contribution in [-0.2, 0) is 6.42 Å². The first-order chi connectivity index (χ1) is 8.95. The predicted molar refractivity (Wildman–Crippen MR) is 80.2 cm³/mol. The maximum Gasteiger partial charge on any atom is 0.253 e. The molecular formula is C16H26N2O. The first kappa shape index (κ1) is 15.7. The van der Waals surface area contributed by atoms with E-state index in [1.54, 1.807) is 0 Å². The van der Waals surface area contributed by atoms with E-state index >= 15 is 0 Å². The number of carbonyl (C=O) groups is 1. The van der Waals surface area contributed by atoms with Crippen LogP contribution in [0.25, 0.3) is 0 Å². The maximum atomic E-state index is 12.4. The molecule has 1 amide bonds. The Morgan fingerprint density at radius 1 is 1.32 bits per heavy atom. The summed E-state index contributed by atoms with van der Waals surface area (Å²) < 4.78 is 0. The Labute approximate surface area is 116 Å². The second-order valence-corrected chi connectivity index (χ2v) is 5.63. The molecule has 1 unspecified atom stereocenters. The zero-order valence-electron chi connectivity index (χ0n) is 12.5. The molecule has 1 aromatic carbocycles. The fraction of sp³-hybridized carbons (Fsp3) is 0.562. The largest absolute Gasteiger partial charge is 0.339 e. The first-order valence-electron chi connectivity index (χ1n) is 7.01. The standard InChI is InChI=1S/C16H26N2O/c1-12(2)10-13(3)18(4)16(19)15-7-5-6-14(11-15)8-9-17/h5-7,11-13H,8-10,17H2,1-4H3. The molecule has 0 heterocycles. The van der Waals surface area contributed by atoms with Gasteiger partial charge in [0.25, 0.3) is 5.91 Å². The van der Waals surface area contributed by atoms with Gasteiger partial charge in [-0.3, -0.25) is 4.79 Å². The lowest BCUT2D eigenvalue weighted by molar-refractivity contribution is 0.0728. The van der Waals surface area contributed by atoms with Crippen LogP contribution < -0.4 is 5.73 Å². The lowest BCUT2D eigenvalue weighted by Gasteiger charge is -2.26. The fourth-order valence-corrected chi connectivity index (χ4v) is 2.27. The highest BCUT2D eigenvalue weighted by atomic mass is 16.2. The Balaban J connectivity index is 2.78. The normalized spacial score (nSPS) is 12.5. The molecule has 0 saturated carbocycles. The zero-order valence-corrected chi connectivity index (χ0v) is 12.5. The molecule has 2 N–H and O–H groups in total. The third-order valence-electron chi connectivity index (χ3n) is 3.40. The van der Waals surface area contributed by atoms with E-state index in [0.29, 0.717) is 12.5 Å². The minimum atomic E-state index is 0.0898. The van der Waals surface area contributed by atoms with Crippen LogP contribution in [0.1, 0.15) is 43.1 Å². The van der Waals surface area contributed by atoms with Gasteiger partial charge in [0.1, 0.15) is 0 Å². The summed E-state index contributed by atoms with van der Waals surface area (Å²) in [6.07, 6.45) is 1.83. The van der Waals surface area contributed by atoms with Gasteiger partial charge in [-0.25, -0.2) is 0 Å². The van der Waals surface area contributed by atoms with E-state index in [2.05, 4.69) is 20.8 Å². The van der Waals surface area contributed by atoms with Gasteiger partial charge < -0.3 is 10.6 Å². The van der Waals surface area contributed by atoms with Crippen LogP contribution in [0, 0.1) is 5.92 Å². The Hall–Kier alpha value is -1.35. The summed E-state index contributed by atoms with van der Waals surface area (Å²) in [6, 6.07) is 8.03. The van der Waals surface area contributed by atoms with Gasteiger partial charge in [0, 0.05) is 18.7 Å². The third-order valence-corrected chi connectivity index (χ3v) is 3.40. The van der Waals surface area contributed by atoms with Gasteiger partial charge >= 0.3 is 0 Å². The topological polar surface area (TPSA) is 46.3 Å². The smallest absolute Gasteiger partial charge is 0.253 e. The quantitative estimate of drug-likeness (QED) is 0.856. The summed E-state index contributed by atoms with van der Waals surface area (Å²) in [5.74, 6) is 0.681. The van der Waals surface area contributed by atoms with E-state index in [9.17, 15) is 4.79 Å². The minimum Gasteiger partial charge on any atom is -0.339 e. The fourth-order valence-electron chi connectivity index (χ4n) is 2.27. The molecule has 3 heteroatoms. The summed E-state index contributed by atoms with van der Waals surface area (Å²) in [4.78, 5) is 14.3. The molecule has 0 radical (unpaired) electrons. The average molecular weight is 262 g/mol. The SMILES string of the molecule is CC(C)CC(C)N(C)C(=O)c1cccc(CCN)c1. The van der Waals surface area contributed by atoms with Crippen molar-refractivity contribution in [1.29, 1.82) is 0 Å². The molecule has 0 fully saturated rings. The number of nitrogens with two attached hydrogens (primary N) is 1. The number of amides is 1. The van der Waals surface area contributed by atoms with E-state index in [1.807, 2.05) is 36.2 Å². The second-order valence-electron chi connectivity index (χ2n) is 5.63. The van der Waals surface area contributed by atoms with Gasteiger partial charge in [-0.15, -0.1) is 0 Å². The van der Waals surface area contributed by atoms with Crippen LogP contribution in [-0.4, -0.2) is 30.4 Å². The molecule has 0 aliphatic rings. The molecule has 0 saturated heterocycles. The molecule has 1 aromatic rings. The van der Waals surface area contributed by atoms with Crippen LogP contribution in [0.4, 0.5) is 0 Å². The van der Waals surface area contributed by atoms with Crippen LogP contribution >= 0.6 is 0 Å². The zero-order chi connectivity index (χ0) is 14.4. The van der Waals surface area contributed by atoms with Crippen LogP contribution in [0.15, 0.2) is 24.3 Å². The average Bonchev–Trinajstić information content (AvgIpc) is 2.37. The molecule has 106 valence electrons. The lowest BCUT2D eigenvalue weighted by atomic mass is 10.0. The van der Waals surface area contributed by atoms with Gasteiger partial charge in [-0.05, 0) is 49.9 Å². The summed E-state index contributed by atoms with van der Waals surface area (Å²) in [7, 11) is 1.88. The predicted octanol–water partition coefficient (Wildman–Crippen LogP) is 2.69. The highest BCUT2D eigenvalue weighted by Gasteiger charge is 2.18. The molecule has 1 atom stereocenters. The Morgan fingerprint density at radius 2 is 2.00 bits per heavy atom. The molecule has 0 aliphatic carbocycles. The van der Waals surface area contributed by atoms with Gasteiger partial charge in [0.15, 0.2) is 0 Å². The number of rotatable bonds is 6. The molecule has 3 nitrogen and oxygen atoms in total. The molecule has 0 aromatic heterocycles. The molecule has 1 rings (SSSR count). The Bertz CT molecular complexity index is 415. The minimum absolute atomic E-state index is 0.0898. The lowest BCUT2D eigenvalue weighted by Crippen LogP contribution is -2.35. The van der Waals surface area contributed by atoms with Crippen LogP contribution in [0.3, 0.4) is 0 Å². The van der Waals surface area contributed by atoms with Crippen LogP contribution in [0.2, 0.25) is 0 Å². The third kappa shape index (κ3) is 4.67. The molecular weight excluding hydrogens is 236 g/mol. The summed E-state index contributed by atoms with van der Waals surface area (Å²) in [6.45, 7) is 7.06. The molecule has 19 heavy (non-hydrogen) atoms. The van der Waals surface area contributed by atoms with E-state index in [-0.39, 0.29) is 11.9 Å². The Kier molecular flexibility index (Phi) is 6.03. The van der Waals surface area contributed by atoms with Crippen molar-refractivity contribution in [2.45, 2.75) is 39.7 Å². The number of hydrogen-bond acceptors (Lipinski definition) is 2. The van der Waals surface area contributed by atoms with Gasteiger partial charge in [0.2, 0.25) is 0 Å².